The molecule has 25 heavy (non-hydrogen) atoms. The van der Waals surface area contributed by atoms with Gasteiger partial charge < -0.3 is 4.90 Å². The van der Waals surface area contributed by atoms with Crippen molar-refractivity contribution in [3.05, 3.63) is 84.2 Å². The van der Waals surface area contributed by atoms with Gasteiger partial charge in [-0.25, -0.2) is 4.68 Å². The molecule has 1 atom stereocenters. The van der Waals surface area contributed by atoms with E-state index in [0.717, 1.165) is 37.2 Å². The molecule has 4 heteroatoms. The van der Waals surface area contributed by atoms with Crippen LogP contribution in [0.3, 0.4) is 0 Å². The Morgan fingerprint density at radius 2 is 1.96 bits per heavy atom. The summed E-state index contributed by atoms with van der Waals surface area (Å²) in [4.78, 5) is 14.8. The standard InChI is InChI=1S/C21H21N3O/c25-21(19-8-4-9-20(15-19)24-12-5-11-22-24)23-13-10-18(16-23)14-17-6-2-1-3-7-17/h1-9,11-12,15,18H,10,13-14,16H2/t18-/m1/s1. The van der Waals surface area contributed by atoms with E-state index in [2.05, 4.69) is 29.4 Å². The Kier molecular flexibility index (Phi) is 4.34. The van der Waals surface area contributed by atoms with Gasteiger partial charge in [0.2, 0.25) is 0 Å². The monoisotopic (exact) mass is 331 g/mol. The second-order valence-electron chi connectivity index (χ2n) is 6.60. The molecule has 1 aromatic heterocycles. The van der Waals surface area contributed by atoms with Crippen molar-refractivity contribution in [3.8, 4) is 5.69 Å². The lowest BCUT2D eigenvalue weighted by Gasteiger charge is -2.17. The van der Waals surface area contributed by atoms with Crippen LogP contribution >= 0.6 is 0 Å². The van der Waals surface area contributed by atoms with Gasteiger partial charge in [-0.15, -0.1) is 0 Å². The third-order valence-corrected chi connectivity index (χ3v) is 4.80. The second-order valence-corrected chi connectivity index (χ2v) is 6.60. The summed E-state index contributed by atoms with van der Waals surface area (Å²) in [5, 5.41) is 4.24. The van der Waals surface area contributed by atoms with E-state index in [9.17, 15) is 4.79 Å². The third kappa shape index (κ3) is 3.48. The fourth-order valence-electron chi connectivity index (χ4n) is 3.52. The molecule has 1 amide bonds. The van der Waals surface area contributed by atoms with Gasteiger partial charge in [-0.3, -0.25) is 4.79 Å². The molecular formula is C21H21N3O. The number of carbonyl (C=O) groups is 1. The van der Waals surface area contributed by atoms with Gasteiger partial charge in [-0.1, -0.05) is 36.4 Å². The summed E-state index contributed by atoms with van der Waals surface area (Å²) in [6.45, 7) is 1.67. The van der Waals surface area contributed by atoms with Crippen molar-refractivity contribution in [2.75, 3.05) is 13.1 Å². The van der Waals surface area contributed by atoms with Crippen LogP contribution in [0.1, 0.15) is 22.3 Å². The van der Waals surface area contributed by atoms with Crippen molar-refractivity contribution in [3.63, 3.8) is 0 Å². The summed E-state index contributed by atoms with van der Waals surface area (Å²) in [5.41, 5.74) is 2.99. The van der Waals surface area contributed by atoms with Crippen LogP contribution in [0.2, 0.25) is 0 Å². The average Bonchev–Trinajstić information content (AvgIpc) is 3.34. The van der Waals surface area contributed by atoms with E-state index >= 15 is 0 Å². The number of carbonyl (C=O) groups excluding carboxylic acids is 1. The zero-order chi connectivity index (χ0) is 17.1. The predicted octanol–water partition coefficient (Wildman–Crippen LogP) is 3.58. The van der Waals surface area contributed by atoms with Gasteiger partial charge in [0.1, 0.15) is 0 Å². The molecule has 0 bridgehead atoms. The molecule has 2 heterocycles. The second kappa shape index (κ2) is 6.93. The van der Waals surface area contributed by atoms with Gasteiger partial charge in [0.25, 0.3) is 5.91 Å². The van der Waals surface area contributed by atoms with Crippen molar-refractivity contribution in [1.82, 2.24) is 14.7 Å². The molecule has 2 aromatic carbocycles. The molecule has 4 rings (SSSR count). The fourth-order valence-corrected chi connectivity index (χ4v) is 3.52. The Labute approximate surface area is 147 Å². The predicted molar refractivity (Wildman–Crippen MR) is 97.7 cm³/mol. The molecule has 1 aliphatic heterocycles. The van der Waals surface area contributed by atoms with Gasteiger partial charge in [-0.2, -0.15) is 5.10 Å². The first-order valence-corrected chi connectivity index (χ1v) is 8.73. The first-order valence-electron chi connectivity index (χ1n) is 8.73. The lowest BCUT2D eigenvalue weighted by molar-refractivity contribution is 0.0787. The zero-order valence-corrected chi connectivity index (χ0v) is 14.1. The van der Waals surface area contributed by atoms with Crippen LogP contribution < -0.4 is 0 Å². The van der Waals surface area contributed by atoms with Crippen LogP contribution in [0.4, 0.5) is 0 Å². The van der Waals surface area contributed by atoms with Crippen LogP contribution in [0.5, 0.6) is 0 Å². The highest BCUT2D eigenvalue weighted by Gasteiger charge is 2.27. The van der Waals surface area contributed by atoms with E-state index in [1.54, 1.807) is 10.9 Å². The number of nitrogens with zero attached hydrogens (tertiary/aromatic N) is 3. The maximum Gasteiger partial charge on any atom is 0.253 e. The van der Waals surface area contributed by atoms with Crippen molar-refractivity contribution in [2.45, 2.75) is 12.8 Å². The zero-order valence-electron chi connectivity index (χ0n) is 14.1. The lowest BCUT2D eigenvalue weighted by atomic mass is 9.99. The van der Waals surface area contributed by atoms with E-state index in [4.69, 9.17) is 0 Å². The molecule has 0 spiro atoms. The number of aromatic nitrogens is 2. The molecule has 0 N–H and O–H groups in total. The van der Waals surface area contributed by atoms with Crippen LogP contribution in [-0.2, 0) is 6.42 Å². The number of hydrogen-bond donors (Lipinski definition) is 0. The number of amides is 1. The Bertz CT molecular complexity index is 843. The van der Waals surface area contributed by atoms with Gasteiger partial charge >= 0.3 is 0 Å². The number of hydrogen-bond acceptors (Lipinski definition) is 2. The summed E-state index contributed by atoms with van der Waals surface area (Å²) in [6.07, 6.45) is 5.73. The van der Waals surface area contributed by atoms with Gasteiger partial charge in [0.05, 0.1) is 5.69 Å². The van der Waals surface area contributed by atoms with Gasteiger partial charge in [-0.05, 0) is 48.6 Å². The van der Waals surface area contributed by atoms with E-state index < -0.39 is 0 Å². The summed E-state index contributed by atoms with van der Waals surface area (Å²) >= 11 is 0. The molecule has 3 aromatic rings. The summed E-state index contributed by atoms with van der Waals surface area (Å²) in [7, 11) is 0. The maximum absolute atomic E-state index is 12.9. The van der Waals surface area contributed by atoms with Crippen LogP contribution in [-0.4, -0.2) is 33.7 Å². The normalized spacial score (nSPS) is 17.0. The molecule has 0 radical (unpaired) electrons. The van der Waals surface area contributed by atoms with Crippen LogP contribution in [0, 0.1) is 5.92 Å². The van der Waals surface area contributed by atoms with Crippen molar-refractivity contribution >= 4 is 5.91 Å². The highest BCUT2D eigenvalue weighted by Crippen LogP contribution is 2.23. The minimum atomic E-state index is 0.115. The number of rotatable bonds is 4. The summed E-state index contributed by atoms with van der Waals surface area (Å²) in [5.74, 6) is 0.658. The highest BCUT2D eigenvalue weighted by atomic mass is 16.2. The molecular weight excluding hydrogens is 310 g/mol. The first kappa shape index (κ1) is 15.6. The molecule has 0 saturated carbocycles. The Balaban J connectivity index is 1.44. The average molecular weight is 331 g/mol. The van der Waals surface area contributed by atoms with Crippen LogP contribution in [0.25, 0.3) is 5.69 Å². The van der Waals surface area contributed by atoms with Crippen LogP contribution in [0.15, 0.2) is 73.1 Å². The molecule has 1 fully saturated rings. The van der Waals surface area contributed by atoms with Gasteiger partial charge in [0.15, 0.2) is 0 Å². The molecule has 126 valence electrons. The van der Waals surface area contributed by atoms with Crippen molar-refractivity contribution < 1.29 is 4.79 Å². The minimum absolute atomic E-state index is 0.115. The van der Waals surface area contributed by atoms with E-state index in [1.165, 1.54) is 5.56 Å². The summed E-state index contributed by atoms with van der Waals surface area (Å²) < 4.78 is 1.78. The van der Waals surface area contributed by atoms with Crippen molar-refractivity contribution in [2.24, 2.45) is 5.92 Å². The Hall–Kier alpha value is -2.88. The molecule has 0 unspecified atom stereocenters. The van der Waals surface area contributed by atoms with Crippen molar-refractivity contribution in [1.29, 1.82) is 0 Å². The Morgan fingerprint density at radius 3 is 2.76 bits per heavy atom. The SMILES string of the molecule is O=C(c1cccc(-n2cccn2)c1)N1CC[C@H](Cc2ccccc2)C1. The maximum atomic E-state index is 12.9. The number of benzene rings is 2. The molecule has 4 nitrogen and oxygen atoms in total. The number of likely N-dealkylation sites (tertiary alicyclic amines) is 1. The van der Waals surface area contributed by atoms with E-state index in [0.29, 0.717) is 5.92 Å². The summed E-state index contributed by atoms with van der Waals surface area (Å²) in [6, 6.07) is 20.1. The van der Waals surface area contributed by atoms with E-state index in [1.807, 2.05) is 47.5 Å². The Morgan fingerprint density at radius 1 is 1.08 bits per heavy atom. The smallest absolute Gasteiger partial charge is 0.253 e. The highest BCUT2D eigenvalue weighted by molar-refractivity contribution is 5.95. The topological polar surface area (TPSA) is 38.1 Å². The minimum Gasteiger partial charge on any atom is -0.338 e. The third-order valence-electron chi connectivity index (χ3n) is 4.80. The fraction of sp³-hybridized carbons (Fsp3) is 0.238. The largest absolute Gasteiger partial charge is 0.338 e. The molecule has 1 aliphatic rings. The molecule has 1 saturated heterocycles. The lowest BCUT2D eigenvalue weighted by Crippen LogP contribution is -2.29. The van der Waals surface area contributed by atoms with E-state index in [-0.39, 0.29) is 5.91 Å². The molecule has 0 aliphatic carbocycles. The quantitative estimate of drug-likeness (QED) is 0.733. The first-order chi connectivity index (χ1) is 12.3. The van der Waals surface area contributed by atoms with Gasteiger partial charge in [0, 0.05) is 31.0 Å².